The number of aliphatic hydroxyl groups excluding tert-OH is 9. The monoisotopic (exact) mass is 1500 g/mol. The van der Waals surface area contributed by atoms with Crippen LogP contribution < -0.4 is 20.0 Å². The number of hydrogen-bond donors (Lipinski definition) is 10. The molecule has 41 heteroatoms. The minimum atomic E-state index is -3.97. The van der Waals surface area contributed by atoms with Crippen molar-refractivity contribution in [2.45, 2.75) is 165 Å². The van der Waals surface area contributed by atoms with Gasteiger partial charge in [0.1, 0.15) is 68.9 Å². The molecule has 0 aliphatic carbocycles. The van der Waals surface area contributed by atoms with E-state index in [1.165, 1.54) is 14.0 Å². The summed E-state index contributed by atoms with van der Waals surface area (Å²) in [5.74, 6) is -1.68. The second-order valence-corrected chi connectivity index (χ2v) is 33.3. The predicted octanol–water partition coefficient (Wildman–Crippen LogP) is -1.74. The molecule has 0 spiro atoms. The molecule has 10 N–H and O–H groups in total. The van der Waals surface area contributed by atoms with E-state index in [1.807, 2.05) is 0 Å². The van der Waals surface area contributed by atoms with Crippen molar-refractivity contribution in [1.29, 1.82) is 0 Å². The Bertz CT molecular complexity index is 2220. The van der Waals surface area contributed by atoms with Gasteiger partial charge in [0.15, 0.2) is 25.7 Å². The molecule has 3 rings (SSSR count). The molecule has 20 atom stereocenters. The predicted molar refractivity (Wildman–Crippen MR) is 335 cm³/mol. The highest BCUT2D eigenvalue weighted by molar-refractivity contribution is 8.32. The Morgan fingerprint density at radius 3 is 1.14 bits per heavy atom. The molecule has 0 radical (unpaired) electrons. The molecule has 0 aromatic carbocycles. The van der Waals surface area contributed by atoms with Gasteiger partial charge in [-0.05, 0) is 64.2 Å². The van der Waals surface area contributed by atoms with Crippen molar-refractivity contribution in [2.75, 3.05) is 146 Å². The van der Waals surface area contributed by atoms with E-state index in [9.17, 15) is 70.0 Å². The standard InChI is InChI=1S/C52H103NO32P4S4/c1-36-43(58)45(60)39(29-54)83-49(36)73-19-6-9-23-77-87(65,91)79-25-11-16-70-33-52(32-69-15-5-8-22-76-86(64,90)68-4,35-72-18-13-27-81-89(67,93)82-28-14-21-74-50-37(2)44(59)46(61)40(30-55)84-50)34-71-17-12-26-80-88(66,92)78-24-10-7-20-75-51-42(53-38(3)57)48(63)47(62)41(31-56)85-51/h36-37,39-51,54-56,58-63H,5-35H2,1-4H3,(H,53,57)(H,64,90)(H,65,91)(H,66,92)(H,67,93)/p-4/t36?,37?,39?,40?,41?,42?,43-,44-,45+,46+,47+,48-,49-,50-,51-,52?,86?,87?,88?,89?/m1/s1. The van der Waals surface area contributed by atoms with E-state index in [1.54, 1.807) is 13.8 Å². The number of aliphatic hydroxyl groups is 9. The molecular formula is C52H99NO32P4S4-4. The molecule has 1 amide bonds. The van der Waals surface area contributed by atoms with Gasteiger partial charge < -0.3 is 162 Å². The van der Waals surface area contributed by atoms with Crippen LogP contribution >= 0.6 is 27.0 Å². The average Bonchev–Trinajstić information content (AvgIpc) is 0.857. The van der Waals surface area contributed by atoms with Crippen LogP contribution in [-0.4, -0.2) is 278 Å². The lowest BCUT2D eigenvalue weighted by Gasteiger charge is -2.42. The first-order chi connectivity index (χ1) is 44.1. The molecular weight excluding hydrogens is 1400 g/mol. The van der Waals surface area contributed by atoms with Gasteiger partial charge >= 0.3 is 0 Å². The fraction of sp³-hybridized carbons (Fsp3) is 0.981. The quantitative estimate of drug-likeness (QED) is 0.0183. The number of amides is 1. The first-order valence-electron chi connectivity index (χ1n) is 30.7. The third-order valence-corrected chi connectivity index (χ3v) is 21.0. The number of carbonyl (C=O) groups excluding carboxylic acids is 1. The largest absolute Gasteiger partial charge is 0.780 e. The van der Waals surface area contributed by atoms with Crippen molar-refractivity contribution < 1.29 is 154 Å². The van der Waals surface area contributed by atoms with E-state index in [0.29, 0.717) is 38.5 Å². The maximum atomic E-state index is 13.0. The number of carbonyl (C=O) groups is 1. The second kappa shape index (κ2) is 47.1. The fourth-order valence-corrected chi connectivity index (χ4v) is 13.5. The maximum absolute atomic E-state index is 13.0. The fourth-order valence-electron chi connectivity index (χ4n) is 9.09. The summed E-state index contributed by atoms with van der Waals surface area (Å²) in [5.41, 5.74) is -1.03. The number of hydrogen-bond acceptors (Lipinski definition) is 36. The molecule has 3 fully saturated rings. The van der Waals surface area contributed by atoms with E-state index in [4.69, 9.17) is 131 Å². The van der Waals surface area contributed by atoms with Gasteiger partial charge in [-0.25, -0.2) is 0 Å². The lowest BCUT2D eigenvalue weighted by Crippen LogP contribution is -2.64. The van der Waals surface area contributed by atoms with Crippen LogP contribution in [0.15, 0.2) is 0 Å². The summed E-state index contributed by atoms with van der Waals surface area (Å²) < 4.78 is 114. The van der Waals surface area contributed by atoms with Crippen LogP contribution in [0.2, 0.25) is 0 Å². The Balaban J connectivity index is 1.56. The normalized spacial score (nSPS) is 30.2. The summed E-state index contributed by atoms with van der Waals surface area (Å²) in [5, 5.41) is 92.5. The van der Waals surface area contributed by atoms with Gasteiger partial charge in [0.2, 0.25) is 5.91 Å². The van der Waals surface area contributed by atoms with Crippen LogP contribution in [0.25, 0.3) is 0 Å². The molecule has 93 heavy (non-hydrogen) atoms. The molecule has 552 valence electrons. The van der Waals surface area contributed by atoms with Crippen molar-refractivity contribution in [2.24, 2.45) is 17.3 Å². The van der Waals surface area contributed by atoms with E-state index >= 15 is 0 Å². The van der Waals surface area contributed by atoms with Gasteiger partial charge in [-0.3, -0.25) is 9.36 Å². The van der Waals surface area contributed by atoms with Gasteiger partial charge in [0.05, 0.1) is 117 Å². The zero-order valence-electron chi connectivity index (χ0n) is 52.9. The first kappa shape index (κ1) is 88.0. The summed E-state index contributed by atoms with van der Waals surface area (Å²) in [6.45, 7) is -12.6. The molecule has 0 bridgehead atoms. The Labute approximate surface area is 564 Å². The topological polar surface area (TPSA) is 464 Å². The van der Waals surface area contributed by atoms with Crippen LogP contribution in [0, 0.1) is 17.3 Å². The zero-order chi connectivity index (χ0) is 69.1. The van der Waals surface area contributed by atoms with Crippen molar-refractivity contribution in [1.82, 2.24) is 5.32 Å². The molecule has 0 aromatic rings. The molecule has 3 aliphatic rings. The van der Waals surface area contributed by atoms with E-state index in [2.05, 4.69) is 5.32 Å². The van der Waals surface area contributed by atoms with Crippen LogP contribution in [-0.2, 0) is 141 Å². The Hall–Kier alpha value is 0.800. The molecule has 3 heterocycles. The number of ether oxygens (including phenoxy) is 10. The lowest BCUT2D eigenvalue weighted by atomic mass is 9.92. The SMILES string of the molecule is COP([O-])(=S)OCCCCOCC(COCCCOP(=O)([S-])OCCCCO[C@@H]1OC(CO)[C@H](O)[C@H](O)C1C)(COCCCOP([O-])(=S)OCCCCO[C@@H]1OC(CO)[C@H](O)[C@H](O)C1NC(C)=O)COCCCOP([O-])(=S)OCCCO[C@@H]1OC(CO)[C@H](O)[C@H](O)C1C. The molecule has 11 unspecified atom stereocenters. The zero-order valence-corrected chi connectivity index (χ0v) is 59.8. The minimum absolute atomic E-state index is 0.00345. The third kappa shape index (κ3) is 35.0. The van der Waals surface area contributed by atoms with E-state index < -0.39 is 150 Å². The molecule has 33 nitrogen and oxygen atoms in total. The van der Waals surface area contributed by atoms with Crippen LogP contribution in [0.1, 0.15) is 85.0 Å². The molecule has 0 aromatic heterocycles. The highest BCUT2D eigenvalue weighted by atomic mass is 32.7. The summed E-state index contributed by atoms with van der Waals surface area (Å²) >= 11 is 20.1. The molecule has 3 saturated heterocycles. The number of rotatable bonds is 54. The van der Waals surface area contributed by atoms with Gasteiger partial charge in [0.25, 0.3) is 0 Å². The van der Waals surface area contributed by atoms with Crippen LogP contribution in [0.3, 0.4) is 0 Å². The number of nitrogens with one attached hydrogen (secondary N) is 1. The summed E-state index contributed by atoms with van der Waals surface area (Å²) in [7, 11) is 1.19. The first-order valence-corrected chi connectivity index (χ1v) is 40.9. The highest BCUT2D eigenvalue weighted by Crippen LogP contribution is 2.46. The molecule has 0 saturated carbocycles. The Morgan fingerprint density at radius 1 is 0.462 bits per heavy atom. The van der Waals surface area contributed by atoms with Gasteiger partial charge in [-0.2, -0.15) is 0 Å². The van der Waals surface area contributed by atoms with Gasteiger partial charge in [-0.15, -0.1) is 0 Å². The van der Waals surface area contributed by atoms with Gasteiger partial charge in [0, 0.05) is 65.5 Å². The van der Waals surface area contributed by atoms with E-state index in [-0.39, 0.29) is 145 Å². The van der Waals surface area contributed by atoms with Crippen molar-refractivity contribution in [3.8, 4) is 0 Å². The maximum Gasteiger partial charge on any atom is 0.217 e. The Morgan fingerprint density at radius 2 is 0.753 bits per heavy atom. The van der Waals surface area contributed by atoms with Crippen molar-refractivity contribution in [3.63, 3.8) is 0 Å². The number of unbranched alkanes of at least 4 members (excludes halogenated alkanes) is 3. The van der Waals surface area contributed by atoms with Crippen molar-refractivity contribution >= 4 is 80.5 Å². The minimum Gasteiger partial charge on any atom is -0.780 e. The van der Waals surface area contributed by atoms with Crippen molar-refractivity contribution in [3.05, 3.63) is 0 Å². The van der Waals surface area contributed by atoms with Gasteiger partial charge in [-0.1, -0.05) is 49.3 Å². The summed E-state index contributed by atoms with van der Waals surface area (Å²) in [6, 6.07) is -1.12. The summed E-state index contributed by atoms with van der Waals surface area (Å²) in [6.07, 6.45) is -10.8. The van der Waals surface area contributed by atoms with Crippen LogP contribution in [0.5, 0.6) is 0 Å². The van der Waals surface area contributed by atoms with Crippen LogP contribution in [0.4, 0.5) is 0 Å². The lowest BCUT2D eigenvalue weighted by molar-refractivity contribution is -0.282. The Kier molecular flexibility index (Phi) is 44.6. The third-order valence-electron chi connectivity index (χ3n) is 14.4. The average molecular weight is 1500 g/mol. The molecule has 3 aliphatic heterocycles. The second-order valence-electron chi connectivity index (χ2n) is 22.2. The smallest absolute Gasteiger partial charge is 0.217 e. The summed E-state index contributed by atoms with van der Waals surface area (Å²) in [4.78, 5) is 49.8. The van der Waals surface area contributed by atoms with E-state index in [0.717, 1.165) is 0 Å². The highest BCUT2D eigenvalue weighted by Gasteiger charge is 2.46.